The van der Waals surface area contributed by atoms with Gasteiger partial charge in [-0.05, 0) is 25.8 Å². The van der Waals surface area contributed by atoms with Crippen LogP contribution in [0.1, 0.15) is 19.3 Å². The molecule has 2 atom stereocenters. The van der Waals surface area contributed by atoms with E-state index in [-0.39, 0.29) is 5.91 Å². The number of amides is 1. The van der Waals surface area contributed by atoms with E-state index >= 15 is 0 Å². The fraction of sp³-hybridized carbons (Fsp3) is 0.909. The quantitative estimate of drug-likeness (QED) is 0.661. The highest BCUT2D eigenvalue weighted by molar-refractivity contribution is 5.78. The van der Waals surface area contributed by atoms with E-state index in [0.717, 1.165) is 26.1 Å². The van der Waals surface area contributed by atoms with Gasteiger partial charge in [0.2, 0.25) is 5.91 Å². The molecule has 2 heterocycles. The van der Waals surface area contributed by atoms with Crippen molar-refractivity contribution in [2.45, 2.75) is 31.3 Å². The third-order valence-electron chi connectivity index (χ3n) is 3.71. The number of rotatable bonds is 1. The Labute approximate surface area is 90.0 Å². The maximum atomic E-state index is 11.9. The molecule has 3 aliphatic rings. The van der Waals surface area contributed by atoms with Gasteiger partial charge >= 0.3 is 0 Å². The number of fused-ring (bicyclic) bond motifs is 1. The summed E-state index contributed by atoms with van der Waals surface area (Å²) in [6.45, 7) is 3.08. The van der Waals surface area contributed by atoms with Crippen molar-refractivity contribution in [2.75, 3.05) is 26.3 Å². The summed E-state index contributed by atoms with van der Waals surface area (Å²) in [5, 5.41) is 3.39. The number of carbonyl (C=O) groups excluding carboxylic acids is 1. The Morgan fingerprint density at radius 3 is 3.00 bits per heavy atom. The predicted octanol–water partition coefficient (Wildman–Crippen LogP) is -0.0143. The average molecular weight is 210 g/mol. The van der Waals surface area contributed by atoms with Crippen LogP contribution in [0.15, 0.2) is 0 Å². The van der Waals surface area contributed by atoms with Crippen LogP contribution >= 0.6 is 0 Å². The number of nitrogens with one attached hydrogen (secondary N) is 1. The first-order valence-electron chi connectivity index (χ1n) is 5.96. The van der Waals surface area contributed by atoms with Crippen molar-refractivity contribution in [3.63, 3.8) is 0 Å². The molecule has 3 rings (SSSR count). The molecule has 84 valence electrons. The maximum absolute atomic E-state index is 11.9. The van der Waals surface area contributed by atoms with Gasteiger partial charge in [-0.2, -0.15) is 0 Å². The maximum Gasteiger partial charge on any atom is 0.249 e. The van der Waals surface area contributed by atoms with Gasteiger partial charge in [-0.15, -0.1) is 0 Å². The summed E-state index contributed by atoms with van der Waals surface area (Å²) < 4.78 is 5.45. The number of carbonyl (C=O) groups is 1. The van der Waals surface area contributed by atoms with E-state index < -0.39 is 0 Å². The van der Waals surface area contributed by atoms with Crippen LogP contribution in [0, 0.1) is 5.92 Å². The lowest BCUT2D eigenvalue weighted by Gasteiger charge is -2.38. The summed E-state index contributed by atoms with van der Waals surface area (Å²) in [6.07, 6.45) is 3.49. The second-order valence-corrected chi connectivity index (χ2v) is 4.87. The largest absolute Gasteiger partial charge is 0.371 e. The zero-order chi connectivity index (χ0) is 10.3. The van der Waals surface area contributed by atoms with Crippen molar-refractivity contribution in [1.29, 1.82) is 0 Å². The molecule has 0 radical (unpaired) electrons. The van der Waals surface area contributed by atoms with Crippen LogP contribution in [0.25, 0.3) is 0 Å². The minimum atomic E-state index is 0.215. The highest BCUT2D eigenvalue weighted by atomic mass is 16.5. The first-order valence-corrected chi connectivity index (χ1v) is 5.96. The number of hydrogen-bond acceptors (Lipinski definition) is 3. The van der Waals surface area contributed by atoms with Crippen LogP contribution in [0.3, 0.4) is 0 Å². The summed E-state index contributed by atoms with van der Waals surface area (Å²) in [6, 6.07) is 0.971. The van der Waals surface area contributed by atoms with Gasteiger partial charge in [-0.25, -0.2) is 0 Å². The molecule has 0 aromatic rings. The summed E-state index contributed by atoms with van der Waals surface area (Å²) in [4.78, 5) is 14.1. The number of nitrogens with zero attached hydrogens (tertiary/aromatic N) is 1. The molecule has 2 saturated heterocycles. The Kier molecular flexibility index (Phi) is 2.41. The van der Waals surface area contributed by atoms with E-state index in [4.69, 9.17) is 4.74 Å². The molecule has 1 saturated carbocycles. The van der Waals surface area contributed by atoms with Gasteiger partial charge in [0.15, 0.2) is 0 Å². The number of ether oxygens (including phenoxy) is 1. The van der Waals surface area contributed by atoms with Crippen LogP contribution < -0.4 is 5.32 Å². The zero-order valence-electron chi connectivity index (χ0n) is 8.95. The Balaban J connectivity index is 1.82. The van der Waals surface area contributed by atoms with E-state index in [9.17, 15) is 4.79 Å². The lowest BCUT2D eigenvalue weighted by molar-refractivity contribution is -0.136. The molecule has 0 aromatic heterocycles. The van der Waals surface area contributed by atoms with Crippen LogP contribution in [-0.4, -0.2) is 49.2 Å². The molecular formula is C11H18N2O2. The number of hydrogen-bond donors (Lipinski definition) is 1. The van der Waals surface area contributed by atoms with E-state index in [1.165, 1.54) is 12.8 Å². The summed E-state index contributed by atoms with van der Waals surface area (Å²) in [5.74, 6) is 0.720. The molecule has 0 aromatic carbocycles. The van der Waals surface area contributed by atoms with Gasteiger partial charge in [0.25, 0.3) is 0 Å². The molecule has 4 nitrogen and oxygen atoms in total. The van der Waals surface area contributed by atoms with Crippen molar-refractivity contribution in [2.24, 2.45) is 5.92 Å². The second-order valence-electron chi connectivity index (χ2n) is 4.87. The summed E-state index contributed by atoms with van der Waals surface area (Å²) in [7, 11) is 0. The lowest BCUT2D eigenvalue weighted by atomic mass is 9.92. The Hall–Kier alpha value is -0.610. The van der Waals surface area contributed by atoms with Crippen molar-refractivity contribution in [3.05, 3.63) is 0 Å². The first-order chi connectivity index (χ1) is 7.36. The molecule has 15 heavy (non-hydrogen) atoms. The van der Waals surface area contributed by atoms with Crippen molar-refractivity contribution >= 4 is 5.91 Å². The molecule has 3 fully saturated rings. The molecule has 0 spiro atoms. The van der Waals surface area contributed by atoms with Crippen LogP contribution in [0.5, 0.6) is 0 Å². The molecule has 1 amide bonds. The SMILES string of the molecule is O=C1COC[C@H]2CNCC[C@H]2N1C1CC1. The third kappa shape index (κ3) is 1.76. The first kappa shape index (κ1) is 9.60. The molecule has 1 N–H and O–H groups in total. The number of piperidine rings is 1. The normalized spacial score (nSPS) is 37.3. The van der Waals surface area contributed by atoms with Crippen molar-refractivity contribution in [1.82, 2.24) is 10.2 Å². The van der Waals surface area contributed by atoms with Crippen LogP contribution in [0.4, 0.5) is 0 Å². The van der Waals surface area contributed by atoms with Gasteiger partial charge in [0.1, 0.15) is 6.61 Å². The summed E-state index contributed by atoms with van der Waals surface area (Å²) >= 11 is 0. The Bertz CT molecular complexity index is 265. The highest BCUT2D eigenvalue weighted by Gasteiger charge is 2.42. The highest BCUT2D eigenvalue weighted by Crippen LogP contribution is 2.34. The van der Waals surface area contributed by atoms with Gasteiger partial charge in [0, 0.05) is 24.5 Å². The van der Waals surface area contributed by atoms with Gasteiger partial charge in [-0.1, -0.05) is 0 Å². The monoisotopic (exact) mass is 210 g/mol. The van der Waals surface area contributed by atoms with E-state index in [0.29, 0.717) is 24.6 Å². The molecule has 0 unspecified atom stereocenters. The van der Waals surface area contributed by atoms with Crippen molar-refractivity contribution in [3.8, 4) is 0 Å². The minimum Gasteiger partial charge on any atom is -0.371 e. The molecule has 1 aliphatic carbocycles. The fourth-order valence-corrected chi connectivity index (χ4v) is 2.83. The Morgan fingerprint density at radius 2 is 2.20 bits per heavy atom. The predicted molar refractivity (Wildman–Crippen MR) is 55.5 cm³/mol. The minimum absolute atomic E-state index is 0.215. The fourth-order valence-electron chi connectivity index (χ4n) is 2.83. The molecule has 4 heteroatoms. The molecular weight excluding hydrogens is 192 g/mol. The summed E-state index contributed by atoms with van der Waals surface area (Å²) in [5.41, 5.74) is 0. The second kappa shape index (κ2) is 3.76. The standard InChI is InChI=1S/C11H18N2O2/c14-11-7-15-6-8-5-12-4-3-10(8)13(11)9-1-2-9/h8-10,12H,1-7H2/t8-,10-/m1/s1. The van der Waals surface area contributed by atoms with Crippen molar-refractivity contribution < 1.29 is 9.53 Å². The molecule has 2 aliphatic heterocycles. The smallest absolute Gasteiger partial charge is 0.249 e. The van der Waals surface area contributed by atoms with Crippen LogP contribution in [0.2, 0.25) is 0 Å². The third-order valence-corrected chi connectivity index (χ3v) is 3.71. The van der Waals surface area contributed by atoms with Gasteiger partial charge < -0.3 is 15.0 Å². The van der Waals surface area contributed by atoms with Gasteiger partial charge in [0.05, 0.1) is 6.61 Å². The average Bonchev–Trinajstić information content (AvgIpc) is 3.03. The van der Waals surface area contributed by atoms with E-state index in [1.54, 1.807) is 0 Å². The zero-order valence-corrected chi connectivity index (χ0v) is 8.95. The topological polar surface area (TPSA) is 41.6 Å². The Morgan fingerprint density at radius 1 is 1.33 bits per heavy atom. The van der Waals surface area contributed by atoms with E-state index in [2.05, 4.69) is 10.2 Å². The lowest BCUT2D eigenvalue weighted by Crippen LogP contribution is -2.52. The molecule has 0 bridgehead atoms. The van der Waals surface area contributed by atoms with E-state index in [1.807, 2.05) is 0 Å². The van der Waals surface area contributed by atoms with Gasteiger partial charge in [-0.3, -0.25) is 4.79 Å². The van der Waals surface area contributed by atoms with Crippen LogP contribution in [-0.2, 0) is 9.53 Å².